The lowest BCUT2D eigenvalue weighted by Gasteiger charge is -2.09. The molecular formula is C8H5ClF2INO2. The van der Waals surface area contributed by atoms with Crippen LogP contribution in [0, 0.1) is 3.57 Å². The lowest BCUT2D eigenvalue weighted by Crippen LogP contribution is -2.09. The predicted molar refractivity (Wildman–Crippen MR) is 58.4 cm³/mol. The summed E-state index contributed by atoms with van der Waals surface area (Å²) >= 11 is 7.18. The van der Waals surface area contributed by atoms with Gasteiger partial charge in [-0.15, -0.1) is 11.6 Å². The van der Waals surface area contributed by atoms with Crippen molar-refractivity contribution in [2.24, 2.45) is 0 Å². The quantitative estimate of drug-likeness (QED) is 0.675. The van der Waals surface area contributed by atoms with Crippen molar-refractivity contribution in [3.8, 4) is 0 Å². The summed E-state index contributed by atoms with van der Waals surface area (Å²) in [5, 5.41) is 8.85. The van der Waals surface area contributed by atoms with Gasteiger partial charge in [-0.1, -0.05) is 0 Å². The van der Waals surface area contributed by atoms with Crippen LogP contribution in [-0.2, 0) is 5.88 Å². The monoisotopic (exact) mass is 347 g/mol. The number of aromatic nitrogens is 1. The molecule has 0 saturated carbocycles. The molecule has 0 atom stereocenters. The first-order valence-corrected chi connectivity index (χ1v) is 5.35. The van der Waals surface area contributed by atoms with Gasteiger partial charge in [-0.3, -0.25) is 4.98 Å². The van der Waals surface area contributed by atoms with Gasteiger partial charge in [-0.25, -0.2) is 13.6 Å². The van der Waals surface area contributed by atoms with Gasteiger partial charge in [0.25, 0.3) is 6.43 Å². The zero-order chi connectivity index (χ0) is 11.6. The Morgan fingerprint density at radius 2 is 2.27 bits per heavy atom. The fourth-order valence-corrected chi connectivity index (χ4v) is 2.06. The van der Waals surface area contributed by atoms with Crippen LogP contribution < -0.4 is 0 Å². The van der Waals surface area contributed by atoms with Gasteiger partial charge in [0.05, 0.1) is 11.4 Å². The lowest BCUT2D eigenvalue weighted by atomic mass is 10.1. The normalized spacial score (nSPS) is 10.7. The Morgan fingerprint density at radius 1 is 1.67 bits per heavy atom. The number of carboxylic acids is 1. The Kier molecular flexibility index (Phi) is 4.21. The molecule has 1 heterocycles. The van der Waals surface area contributed by atoms with E-state index in [1.807, 2.05) is 0 Å². The summed E-state index contributed by atoms with van der Waals surface area (Å²) < 4.78 is 25.2. The summed E-state index contributed by atoms with van der Waals surface area (Å²) in [5.74, 6) is -1.58. The van der Waals surface area contributed by atoms with Gasteiger partial charge in [0.15, 0.2) is 0 Å². The topological polar surface area (TPSA) is 50.2 Å². The third-order valence-corrected chi connectivity index (χ3v) is 2.81. The number of aromatic carboxylic acids is 1. The molecule has 0 radical (unpaired) electrons. The average Bonchev–Trinajstić information content (AvgIpc) is 2.15. The van der Waals surface area contributed by atoms with E-state index in [4.69, 9.17) is 16.7 Å². The molecule has 0 aliphatic carbocycles. The predicted octanol–water partition coefficient (Wildman–Crippen LogP) is 3.06. The molecule has 0 aromatic carbocycles. The van der Waals surface area contributed by atoms with Crippen molar-refractivity contribution < 1.29 is 18.7 Å². The standard InChI is InChI=1S/C8H5ClF2INO2/c9-1-3-5(8(14)15)4(12)2-13-6(3)7(10)11/h2,7H,1H2,(H,14,15). The van der Waals surface area contributed by atoms with Crippen molar-refractivity contribution in [2.75, 3.05) is 0 Å². The minimum atomic E-state index is -2.83. The van der Waals surface area contributed by atoms with Crippen LogP contribution in [0.25, 0.3) is 0 Å². The van der Waals surface area contributed by atoms with Gasteiger partial charge in [0.2, 0.25) is 0 Å². The Bertz CT molecular complexity index is 400. The van der Waals surface area contributed by atoms with Crippen molar-refractivity contribution in [2.45, 2.75) is 12.3 Å². The van der Waals surface area contributed by atoms with Crippen molar-refractivity contribution in [3.05, 3.63) is 26.6 Å². The van der Waals surface area contributed by atoms with Crippen LogP contribution in [-0.4, -0.2) is 16.1 Å². The van der Waals surface area contributed by atoms with Crippen LogP contribution in [0.2, 0.25) is 0 Å². The highest BCUT2D eigenvalue weighted by Gasteiger charge is 2.23. The fourth-order valence-electron chi connectivity index (χ4n) is 1.10. The molecule has 0 unspecified atom stereocenters. The Balaban J connectivity index is 3.47. The minimum absolute atomic E-state index is 0.119. The van der Waals surface area contributed by atoms with Gasteiger partial charge >= 0.3 is 5.97 Å². The number of halogens is 4. The number of rotatable bonds is 3. The van der Waals surface area contributed by atoms with E-state index in [0.29, 0.717) is 3.57 Å². The fraction of sp³-hybridized carbons (Fsp3) is 0.250. The molecule has 0 amide bonds. The van der Waals surface area contributed by atoms with Crippen molar-refractivity contribution in [3.63, 3.8) is 0 Å². The van der Waals surface area contributed by atoms with E-state index >= 15 is 0 Å². The van der Waals surface area contributed by atoms with Crippen LogP contribution in [0.3, 0.4) is 0 Å². The second kappa shape index (κ2) is 5.02. The van der Waals surface area contributed by atoms with Gasteiger partial charge in [-0.05, 0) is 22.6 Å². The molecule has 15 heavy (non-hydrogen) atoms. The second-order valence-corrected chi connectivity index (χ2v) is 4.01. The van der Waals surface area contributed by atoms with E-state index in [0.717, 1.165) is 6.20 Å². The Labute approximate surface area is 103 Å². The molecule has 1 N–H and O–H groups in total. The number of carbonyl (C=O) groups is 1. The number of pyridine rings is 1. The Morgan fingerprint density at radius 3 is 2.67 bits per heavy atom. The summed E-state index contributed by atoms with van der Waals surface area (Å²) in [6.45, 7) is 0. The highest BCUT2D eigenvalue weighted by molar-refractivity contribution is 14.1. The van der Waals surface area contributed by atoms with Gasteiger partial charge in [-0.2, -0.15) is 0 Å². The number of alkyl halides is 3. The van der Waals surface area contributed by atoms with Crippen molar-refractivity contribution in [1.29, 1.82) is 0 Å². The maximum atomic E-state index is 12.5. The summed E-state index contributed by atoms with van der Waals surface area (Å²) in [4.78, 5) is 14.3. The number of nitrogens with zero attached hydrogens (tertiary/aromatic N) is 1. The molecule has 3 nitrogen and oxygen atoms in total. The molecule has 0 aliphatic rings. The zero-order valence-electron chi connectivity index (χ0n) is 7.18. The second-order valence-electron chi connectivity index (χ2n) is 2.58. The molecule has 0 aliphatic heterocycles. The maximum Gasteiger partial charge on any atom is 0.337 e. The van der Waals surface area contributed by atoms with Gasteiger partial charge in [0, 0.05) is 15.3 Å². The Hall–Kier alpha value is -0.500. The highest BCUT2D eigenvalue weighted by atomic mass is 127. The first-order valence-electron chi connectivity index (χ1n) is 3.73. The SMILES string of the molecule is O=C(O)c1c(I)cnc(C(F)F)c1CCl. The van der Waals surface area contributed by atoms with E-state index in [1.54, 1.807) is 22.6 Å². The molecule has 0 saturated heterocycles. The number of hydrogen-bond acceptors (Lipinski definition) is 2. The summed E-state index contributed by atoms with van der Waals surface area (Å²) in [6.07, 6.45) is -1.73. The third kappa shape index (κ3) is 2.54. The first kappa shape index (κ1) is 12.6. The van der Waals surface area contributed by atoms with Crippen molar-refractivity contribution in [1.82, 2.24) is 4.98 Å². The highest BCUT2D eigenvalue weighted by Crippen LogP contribution is 2.27. The summed E-state index contributed by atoms with van der Waals surface area (Å²) in [6, 6.07) is 0. The first-order chi connectivity index (χ1) is 6.99. The average molecular weight is 347 g/mol. The van der Waals surface area contributed by atoms with Crippen molar-refractivity contribution >= 4 is 40.2 Å². The van der Waals surface area contributed by atoms with E-state index in [1.165, 1.54) is 0 Å². The molecule has 7 heteroatoms. The molecule has 1 rings (SSSR count). The molecular weight excluding hydrogens is 342 g/mol. The summed E-state index contributed by atoms with van der Waals surface area (Å²) in [7, 11) is 0. The van der Waals surface area contributed by atoms with E-state index in [-0.39, 0.29) is 17.0 Å². The number of hydrogen-bond donors (Lipinski definition) is 1. The van der Waals surface area contributed by atoms with E-state index in [9.17, 15) is 13.6 Å². The molecule has 0 bridgehead atoms. The van der Waals surface area contributed by atoms with Crippen LogP contribution >= 0.6 is 34.2 Å². The molecule has 0 spiro atoms. The van der Waals surface area contributed by atoms with Crippen LogP contribution in [0.4, 0.5) is 8.78 Å². The molecule has 1 aromatic heterocycles. The largest absolute Gasteiger partial charge is 0.478 e. The van der Waals surface area contributed by atoms with Gasteiger partial charge in [0.1, 0.15) is 5.69 Å². The maximum absolute atomic E-state index is 12.5. The number of carboxylic acid groups (broad SMARTS) is 1. The van der Waals surface area contributed by atoms with Crippen LogP contribution in [0.15, 0.2) is 6.20 Å². The van der Waals surface area contributed by atoms with Gasteiger partial charge < -0.3 is 5.11 Å². The summed E-state index contributed by atoms with van der Waals surface area (Å²) in [5.41, 5.74) is -0.884. The van der Waals surface area contributed by atoms with E-state index < -0.39 is 18.1 Å². The lowest BCUT2D eigenvalue weighted by molar-refractivity contribution is 0.0693. The third-order valence-electron chi connectivity index (χ3n) is 1.72. The molecule has 1 aromatic rings. The van der Waals surface area contributed by atoms with Crippen LogP contribution in [0.5, 0.6) is 0 Å². The smallest absolute Gasteiger partial charge is 0.337 e. The zero-order valence-corrected chi connectivity index (χ0v) is 10.1. The van der Waals surface area contributed by atoms with Crippen LogP contribution in [0.1, 0.15) is 28.0 Å². The molecule has 82 valence electrons. The van der Waals surface area contributed by atoms with E-state index in [2.05, 4.69) is 4.98 Å². The minimum Gasteiger partial charge on any atom is -0.478 e. The molecule has 0 fully saturated rings.